The van der Waals surface area contributed by atoms with Gasteiger partial charge in [0.1, 0.15) is 5.65 Å². The summed E-state index contributed by atoms with van der Waals surface area (Å²) >= 11 is 0. The zero-order valence-electron chi connectivity index (χ0n) is 15.4. The Morgan fingerprint density at radius 2 is 1.92 bits per heavy atom. The maximum atomic E-state index is 12.3. The quantitative estimate of drug-likeness (QED) is 0.766. The van der Waals surface area contributed by atoms with Gasteiger partial charge in [0.05, 0.1) is 17.8 Å². The molecule has 0 bridgehead atoms. The molecular weight excluding hydrogens is 310 g/mol. The standard InChI is InChI=1S/C21H25N3O/c1-5-9-22-20(25)13-18-21(17-7-6-15(3)16(4)12-17)23-19-11-14(2)8-10-24(18)19/h6-8,10-12H,5,9,13H2,1-4H3,(H,22,25). The Morgan fingerprint density at radius 3 is 2.64 bits per heavy atom. The van der Waals surface area contributed by atoms with Gasteiger partial charge < -0.3 is 9.72 Å². The summed E-state index contributed by atoms with van der Waals surface area (Å²) in [5.41, 5.74) is 7.41. The molecule has 1 aromatic carbocycles. The van der Waals surface area contributed by atoms with Crippen LogP contribution in [0.25, 0.3) is 16.9 Å². The minimum atomic E-state index is 0.0364. The number of aryl methyl sites for hydroxylation is 3. The Kier molecular flexibility index (Phi) is 4.88. The van der Waals surface area contributed by atoms with E-state index >= 15 is 0 Å². The minimum absolute atomic E-state index is 0.0364. The van der Waals surface area contributed by atoms with E-state index < -0.39 is 0 Å². The van der Waals surface area contributed by atoms with Crippen molar-refractivity contribution < 1.29 is 4.79 Å². The summed E-state index contributed by atoms with van der Waals surface area (Å²) in [5.74, 6) is 0.0364. The molecule has 3 rings (SSSR count). The van der Waals surface area contributed by atoms with Crippen LogP contribution in [0.4, 0.5) is 0 Å². The van der Waals surface area contributed by atoms with Gasteiger partial charge in [-0.3, -0.25) is 4.79 Å². The Balaban J connectivity index is 2.10. The number of fused-ring (bicyclic) bond motifs is 1. The first kappa shape index (κ1) is 17.2. The van der Waals surface area contributed by atoms with E-state index in [1.807, 2.05) is 16.7 Å². The maximum Gasteiger partial charge on any atom is 0.226 e. The van der Waals surface area contributed by atoms with E-state index in [4.69, 9.17) is 4.98 Å². The summed E-state index contributed by atoms with van der Waals surface area (Å²) in [7, 11) is 0. The molecule has 0 fully saturated rings. The molecular formula is C21H25N3O. The van der Waals surface area contributed by atoms with Crippen LogP contribution in [0.15, 0.2) is 36.5 Å². The lowest BCUT2D eigenvalue weighted by Gasteiger charge is -2.08. The Labute approximate surface area is 148 Å². The Morgan fingerprint density at radius 1 is 1.12 bits per heavy atom. The molecule has 0 aliphatic carbocycles. The number of aromatic nitrogens is 2. The first-order chi connectivity index (χ1) is 12.0. The lowest BCUT2D eigenvalue weighted by Crippen LogP contribution is -2.26. The van der Waals surface area contributed by atoms with Crippen molar-refractivity contribution in [2.75, 3.05) is 6.54 Å². The first-order valence-electron chi connectivity index (χ1n) is 8.81. The van der Waals surface area contributed by atoms with Crippen molar-refractivity contribution >= 4 is 11.6 Å². The zero-order valence-corrected chi connectivity index (χ0v) is 15.4. The van der Waals surface area contributed by atoms with Crippen molar-refractivity contribution in [3.05, 3.63) is 58.9 Å². The highest BCUT2D eigenvalue weighted by atomic mass is 16.1. The van der Waals surface area contributed by atoms with Gasteiger partial charge in [0, 0.05) is 18.3 Å². The van der Waals surface area contributed by atoms with Gasteiger partial charge in [-0.25, -0.2) is 4.98 Å². The fraction of sp³-hybridized carbons (Fsp3) is 0.333. The highest BCUT2D eigenvalue weighted by Gasteiger charge is 2.17. The van der Waals surface area contributed by atoms with Crippen molar-refractivity contribution in [3.8, 4) is 11.3 Å². The molecule has 4 nitrogen and oxygen atoms in total. The highest BCUT2D eigenvalue weighted by molar-refractivity contribution is 5.81. The molecule has 2 heterocycles. The maximum absolute atomic E-state index is 12.3. The van der Waals surface area contributed by atoms with Crippen LogP contribution in [-0.2, 0) is 11.2 Å². The van der Waals surface area contributed by atoms with Crippen LogP contribution < -0.4 is 5.32 Å². The smallest absolute Gasteiger partial charge is 0.226 e. The Hall–Kier alpha value is -2.62. The highest BCUT2D eigenvalue weighted by Crippen LogP contribution is 2.27. The van der Waals surface area contributed by atoms with E-state index in [0.29, 0.717) is 13.0 Å². The molecule has 0 aliphatic rings. The number of hydrogen-bond donors (Lipinski definition) is 1. The summed E-state index contributed by atoms with van der Waals surface area (Å²) in [6.45, 7) is 9.01. The molecule has 130 valence electrons. The number of carbonyl (C=O) groups excluding carboxylic acids is 1. The summed E-state index contributed by atoms with van der Waals surface area (Å²) in [6.07, 6.45) is 3.26. The van der Waals surface area contributed by atoms with E-state index in [9.17, 15) is 4.79 Å². The number of nitrogens with one attached hydrogen (secondary N) is 1. The summed E-state index contributed by atoms with van der Waals surface area (Å²) < 4.78 is 2.03. The van der Waals surface area contributed by atoms with Crippen molar-refractivity contribution in [1.29, 1.82) is 0 Å². The molecule has 0 aliphatic heterocycles. The number of pyridine rings is 1. The average molecular weight is 335 g/mol. The van der Waals surface area contributed by atoms with E-state index in [2.05, 4.69) is 57.3 Å². The lowest BCUT2D eigenvalue weighted by atomic mass is 10.0. The molecule has 25 heavy (non-hydrogen) atoms. The Bertz CT molecular complexity index is 924. The van der Waals surface area contributed by atoms with Gasteiger partial charge >= 0.3 is 0 Å². The molecule has 2 aromatic heterocycles. The molecule has 1 N–H and O–H groups in total. The molecule has 3 aromatic rings. The molecule has 1 amide bonds. The number of hydrogen-bond acceptors (Lipinski definition) is 2. The summed E-state index contributed by atoms with van der Waals surface area (Å²) in [4.78, 5) is 17.2. The van der Waals surface area contributed by atoms with E-state index in [1.54, 1.807) is 0 Å². The second-order valence-corrected chi connectivity index (χ2v) is 6.67. The van der Waals surface area contributed by atoms with Crippen LogP contribution in [0.2, 0.25) is 0 Å². The topological polar surface area (TPSA) is 46.4 Å². The van der Waals surface area contributed by atoms with Gasteiger partial charge in [0.2, 0.25) is 5.91 Å². The number of carbonyl (C=O) groups is 1. The predicted molar refractivity (Wildman–Crippen MR) is 102 cm³/mol. The van der Waals surface area contributed by atoms with Gasteiger partial charge in [-0.1, -0.05) is 19.1 Å². The van der Waals surface area contributed by atoms with Crippen LogP contribution in [-0.4, -0.2) is 21.8 Å². The number of amides is 1. The van der Waals surface area contributed by atoms with Gasteiger partial charge in [0.25, 0.3) is 0 Å². The van der Waals surface area contributed by atoms with Crippen LogP contribution >= 0.6 is 0 Å². The second-order valence-electron chi connectivity index (χ2n) is 6.67. The first-order valence-corrected chi connectivity index (χ1v) is 8.81. The minimum Gasteiger partial charge on any atom is -0.356 e. The normalized spacial score (nSPS) is 11.0. The number of benzene rings is 1. The monoisotopic (exact) mass is 335 g/mol. The van der Waals surface area contributed by atoms with Crippen LogP contribution in [0.3, 0.4) is 0 Å². The van der Waals surface area contributed by atoms with Gasteiger partial charge in [-0.15, -0.1) is 0 Å². The fourth-order valence-corrected chi connectivity index (χ4v) is 2.97. The third-order valence-corrected chi connectivity index (χ3v) is 4.56. The van der Waals surface area contributed by atoms with Crippen LogP contribution in [0, 0.1) is 20.8 Å². The SMILES string of the molecule is CCCNC(=O)Cc1c(-c2ccc(C)c(C)c2)nc2cc(C)ccn12. The van der Waals surface area contributed by atoms with Crippen molar-refractivity contribution in [3.63, 3.8) is 0 Å². The summed E-state index contributed by atoms with van der Waals surface area (Å²) in [5, 5.41) is 2.97. The fourth-order valence-electron chi connectivity index (χ4n) is 2.97. The van der Waals surface area contributed by atoms with Crippen molar-refractivity contribution in [2.24, 2.45) is 0 Å². The number of nitrogens with zero attached hydrogens (tertiary/aromatic N) is 2. The average Bonchev–Trinajstić information content (AvgIpc) is 2.93. The van der Waals surface area contributed by atoms with Crippen molar-refractivity contribution in [1.82, 2.24) is 14.7 Å². The van der Waals surface area contributed by atoms with Crippen LogP contribution in [0.5, 0.6) is 0 Å². The molecule has 0 radical (unpaired) electrons. The molecule has 0 atom stereocenters. The van der Waals surface area contributed by atoms with Gasteiger partial charge in [-0.05, 0) is 62.1 Å². The largest absolute Gasteiger partial charge is 0.356 e. The predicted octanol–water partition coefficient (Wildman–Crippen LogP) is 4.00. The molecule has 4 heteroatoms. The van der Waals surface area contributed by atoms with Crippen LogP contribution in [0.1, 0.15) is 35.7 Å². The third-order valence-electron chi connectivity index (χ3n) is 4.56. The molecule has 0 spiro atoms. The van der Waals surface area contributed by atoms with E-state index in [1.165, 1.54) is 11.1 Å². The van der Waals surface area contributed by atoms with Gasteiger partial charge in [-0.2, -0.15) is 0 Å². The lowest BCUT2D eigenvalue weighted by molar-refractivity contribution is -0.120. The van der Waals surface area contributed by atoms with Gasteiger partial charge in [0.15, 0.2) is 0 Å². The molecule has 0 saturated carbocycles. The molecule has 0 unspecified atom stereocenters. The second kappa shape index (κ2) is 7.09. The van der Waals surface area contributed by atoms with Crippen molar-refractivity contribution in [2.45, 2.75) is 40.5 Å². The molecule has 0 saturated heterocycles. The summed E-state index contributed by atoms with van der Waals surface area (Å²) in [6, 6.07) is 10.5. The number of imidazole rings is 1. The zero-order chi connectivity index (χ0) is 18.0. The number of rotatable bonds is 5. The van der Waals surface area contributed by atoms with E-state index in [0.717, 1.165) is 34.6 Å². The van der Waals surface area contributed by atoms with E-state index in [-0.39, 0.29) is 5.91 Å². The third kappa shape index (κ3) is 3.58.